The number of fused-ring (bicyclic) bond motifs is 1. The van der Waals surface area contributed by atoms with Crippen LogP contribution in [0.1, 0.15) is 35.9 Å². The minimum absolute atomic E-state index is 0.155. The maximum atomic E-state index is 12.4. The molecule has 0 spiro atoms. The van der Waals surface area contributed by atoms with Gasteiger partial charge in [-0.25, -0.2) is 4.98 Å². The van der Waals surface area contributed by atoms with Gasteiger partial charge in [0.15, 0.2) is 11.0 Å². The van der Waals surface area contributed by atoms with Crippen molar-refractivity contribution in [2.24, 2.45) is 13.0 Å². The SMILES string of the molecule is Cc1ccccc1OCc1nnc(SCc2cc(=O)n3nc(CC(C)C)sc3n2)n1C. The van der Waals surface area contributed by atoms with Gasteiger partial charge in [-0.2, -0.15) is 9.61 Å². The highest BCUT2D eigenvalue weighted by molar-refractivity contribution is 7.98. The third-order valence-electron chi connectivity index (χ3n) is 4.65. The lowest BCUT2D eigenvalue weighted by atomic mass is 10.1. The molecule has 162 valence electrons. The van der Waals surface area contributed by atoms with Crippen LogP contribution < -0.4 is 10.3 Å². The maximum absolute atomic E-state index is 12.4. The molecule has 0 unspecified atom stereocenters. The molecular weight excluding hydrogens is 432 g/mol. The molecule has 0 saturated carbocycles. The maximum Gasteiger partial charge on any atom is 0.275 e. The Morgan fingerprint density at radius 1 is 1.23 bits per heavy atom. The van der Waals surface area contributed by atoms with E-state index >= 15 is 0 Å². The van der Waals surface area contributed by atoms with E-state index in [1.54, 1.807) is 0 Å². The lowest BCUT2D eigenvalue weighted by Crippen LogP contribution is -2.15. The smallest absolute Gasteiger partial charge is 0.275 e. The number of aromatic nitrogens is 6. The molecule has 0 atom stereocenters. The summed E-state index contributed by atoms with van der Waals surface area (Å²) in [5.41, 5.74) is 1.62. The Kier molecular flexibility index (Phi) is 6.38. The van der Waals surface area contributed by atoms with Gasteiger partial charge in [0.05, 0.1) is 5.69 Å². The van der Waals surface area contributed by atoms with Gasteiger partial charge >= 0.3 is 0 Å². The van der Waals surface area contributed by atoms with Gasteiger partial charge in [0.1, 0.15) is 17.4 Å². The second kappa shape index (κ2) is 9.19. The number of hydrogen-bond donors (Lipinski definition) is 0. The minimum atomic E-state index is -0.155. The van der Waals surface area contributed by atoms with Crippen molar-refractivity contribution in [3.8, 4) is 5.75 Å². The van der Waals surface area contributed by atoms with Crippen molar-refractivity contribution in [1.82, 2.24) is 29.4 Å². The molecule has 4 aromatic rings. The van der Waals surface area contributed by atoms with E-state index in [0.29, 0.717) is 28.9 Å². The number of ether oxygens (including phenoxy) is 1. The van der Waals surface area contributed by atoms with Crippen LogP contribution >= 0.6 is 23.1 Å². The average Bonchev–Trinajstić information content (AvgIpc) is 3.28. The van der Waals surface area contributed by atoms with Crippen molar-refractivity contribution in [3.05, 3.63) is 62.8 Å². The highest BCUT2D eigenvalue weighted by atomic mass is 32.2. The molecule has 0 radical (unpaired) electrons. The molecule has 3 heterocycles. The molecule has 31 heavy (non-hydrogen) atoms. The predicted molar refractivity (Wildman–Crippen MR) is 122 cm³/mol. The summed E-state index contributed by atoms with van der Waals surface area (Å²) in [6, 6.07) is 9.41. The topological polar surface area (TPSA) is 87.2 Å². The molecule has 10 heteroatoms. The van der Waals surface area contributed by atoms with E-state index in [9.17, 15) is 4.79 Å². The van der Waals surface area contributed by atoms with Crippen molar-refractivity contribution < 1.29 is 4.74 Å². The van der Waals surface area contributed by atoms with Crippen LogP contribution in [0.25, 0.3) is 4.96 Å². The lowest BCUT2D eigenvalue weighted by Gasteiger charge is -2.08. The van der Waals surface area contributed by atoms with Crippen LogP contribution in [0.5, 0.6) is 5.75 Å². The van der Waals surface area contributed by atoms with E-state index < -0.39 is 0 Å². The fraction of sp³-hybridized carbons (Fsp3) is 0.381. The van der Waals surface area contributed by atoms with Crippen LogP contribution in [0.4, 0.5) is 0 Å². The van der Waals surface area contributed by atoms with Crippen LogP contribution in [0.3, 0.4) is 0 Å². The molecule has 0 N–H and O–H groups in total. The summed E-state index contributed by atoms with van der Waals surface area (Å²) < 4.78 is 9.17. The van der Waals surface area contributed by atoms with E-state index in [2.05, 4.69) is 34.1 Å². The Labute approximate surface area is 188 Å². The van der Waals surface area contributed by atoms with Gasteiger partial charge in [-0.15, -0.1) is 10.2 Å². The monoisotopic (exact) mass is 456 g/mol. The standard InChI is InChI=1S/C21H24N6O2S2/c1-13(2)9-18-25-27-19(28)10-15(22-20(27)31-18)12-30-21-24-23-17(26(21)4)11-29-16-8-6-5-7-14(16)3/h5-8,10,13H,9,11-12H2,1-4H3. The molecule has 0 aliphatic carbocycles. The number of para-hydroxylation sites is 1. The molecular formula is C21H24N6O2S2. The number of rotatable bonds is 8. The highest BCUT2D eigenvalue weighted by Crippen LogP contribution is 2.23. The van der Waals surface area contributed by atoms with Crippen LogP contribution in [-0.2, 0) is 25.8 Å². The Morgan fingerprint density at radius 2 is 2.03 bits per heavy atom. The van der Waals surface area contributed by atoms with Crippen molar-refractivity contribution in [1.29, 1.82) is 0 Å². The van der Waals surface area contributed by atoms with Crippen LogP contribution in [0, 0.1) is 12.8 Å². The zero-order valence-electron chi connectivity index (χ0n) is 17.9. The van der Waals surface area contributed by atoms with Gasteiger partial charge in [0.2, 0.25) is 4.96 Å². The van der Waals surface area contributed by atoms with Crippen LogP contribution in [0.2, 0.25) is 0 Å². The second-order valence-corrected chi connectivity index (χ2v) is 9.66. The van der Waals surface area contributed by atoms with Crippen LogP contribution in [-0.4, -0.2) is 29.4 Å². The largest absolute Gasteiger partial charge is 0.485 e. The Balaban J connectivity index is 1.44. The molecule has 0 saturated heterocycles. The molecule has 3 aromatic heterocycles. The number of hydrogen-bond acceptors (Lipinski definition) is 8. The van der Waals surface area contributed by atoms with E-state index in [0.717, 1.165) is 33.7 Å². The van der Waals surface area contributed by atoms with Gasteiger partial charge in [-0.05, 0) is 24.5 Å². The van der Waals surface area contributed by atoms with Gasteiger partial charge in [-0.3, -0.25) is 4.79 Å². The third kappa shape index (κ3) is 4.96. The molecule has 0 aliphatic heterocycles. The van der Waals surface area contributed by atoms with Crippen molar-refractivity contribution in [3.63, 3.8) is 0 Å². The van der Waals surface area contributed by atoms with Gasteiger partial charge in [0.25, 0.3) is 5.56 Å². The van der Waals surface area contributed by atoms with Gasteiger partial charge in [0, 0.05) is 25.3 Å². The first-order valence-corrected chi connectivity index (χ1v) is 11.8. The van der Waals surface area contributed by atoms with E-state index in [4.69, 9.17) is 4.74 Å². The van der Waals surface area contributed by atoms with E-state index in [1.807, 2.05) is 42.8 Å². The van der Waals surface area contributed by atoms with E-state index in [1.165, 1.54) is 33.7 Å². The average molecular weight is 457 g/mol. The highest BCUT2D eigenvalue weighted by Gasteiger charge is 2.14. The number of nitrogens with zero attached hydrogens (tertiary/aromatic N) is 6. The summed E-state index contributed by atoms with van der Waals surface area (Å²) in [5.74, 6) is 2.56. The van der Waals surface area contributed by atoms with Crippen LogP contribution in [0.15, 0.2) is 40.3 Å². The fourth-order valence-electron chi connectivity index (χ4n) is 3.00. The zero-order chi connectivity index (χ0) is 22.0. The van der Waals surface area contributed by atoms with Crippen molar-refractivity contribution >= 4 is 28.1 Å². The molecule has 8 nitrogen and oxygen atoms in total. The fourth-order valence-corrected chi connectivity index (χ4v) is 4.95. The summed E-state index contributed by atoms with van der Waals surface area (Å²) in [7, 11) is 1.91. The molecule has 0 aliphatic rings. The number of benzene rings is 1. The minimum Gasteiger partial charge on any atom is -0.485 e. The first-order chi connectivity index (χ1) is 14.9. The lowest BCUT2D eigenvalue weighted by molar-refractivity contribution is 0.288. The molecule has 0 amide bonds. The summed E-state index contributed by atoms with van der Waals surface area (Å²) in [5, 5.41) is 14.6. The summed E-state index contributed by atoms with van der Waals surface area (Å²) in [4.78, 5) is 17.7. The summed E-state index contributed by atoms with van der Waals surface area (Å²) in [6.45, 7) is 6.60. The normalized spacial score (nSPS) is 11.5. The van der Waals surface area contributed by atoms with Crippen molar-refractivity contribution in [2.75, 3.05) is 0 Å². The van der Waals surface area contributed by atoms with Gasteiger partial charge in [-0.1, -0.05) is 55.1 Å². The summed E-state index contributed by atoms with van der Waals surface area (Å²) in [6.07, 6.45) is 0.837. The predicted octanol–water partition coefficient (Wildman–Crippen LogP) is 3.66. The Morgan fingerprint density at radius 3 is 2.81 bits per heavy atom. The molecule has 0 bridgehead atoms. The Bertz CT molecular complexity index is 1260. The van der Waals surface area contributed by atoms with Crippen molar-refractivity contribution in [2.45, 2.75) is 44.7 Å². The zero-order valence-corrected chi connectivity index (χ0v) is 19.5. The summed E-state index contributed by atoms with van der Waals surface area (Å²) >= 11 is 2.96. The molecule has 1 aromatic carbocycles. The van der Waals surface area contributed by atoms with E-state index in [-0.39, 0.29) is 5.56 Å². The quantitative estimate of drug-likeness (QED) is 0.374. The Hall–Kier alpha value is -2.72. The first-order valence-electron chi connectivity index (χ1n) is 9.99. The molecule has 0 fully saturated rings. The third-order valence-corrected chi connectivity index (χ3v) is 6.63. The number of aryl methyl sites for hydroxylation is 1. The molecule has 4 rings (SSSR count). The first kappa shape index (κ1) is 21.5. The number of thioether (sulfide) groups is 1. The second-order valence-electron chi connectivity index (χ2n) is 7.67. The van der Waals surface area contributed by atoms with Gasteiger partial charge < -0.3 is 9.30 Å².